The summed E-state index contributed by atoms with van der Waals surface area (Å²) in [5.74, 6) is -0.281. The second-order valence-electron chi connectivity index (χ2n) is 4.33. The molecule has 1 amide bonds. The Bertz CT molecular complexity index is 359. The lowest BCUT2D eigenvalue weighted by atomic mass is 10.2. The van der Waals surface area contributed by atoms with E-state index in [1.807, 2.05) is 25.9 Å². The molecule has 0 aliphatic carbocycles. The number of anilines is 1. The van der Waals surface area contributed by atoms with E-state index in [1.165, 1.54) is 11.3 Å². The molecule has 4 heteroatoms. The van der Waals surface area contributed by atoms with Gasteiger partial charge in [0, 0.05) is 26.3 Å². The lowest BCUT2D eigenvalue weighted by molar-refractivity contribution is -0.119. The fraction of sp³-hybridized carbons (Fsp3) is 0.462. The number of carbonyl (C=O) groups excluding carboxylic acids is 1. The zero-order valence-electron chi connectivity index (χ0n) is 10.8. The van der Waals surface area contributed by atoms with E-state index in [0.717, 1.165) is 13.1 Å². The molecule has 0 atom stereocenters. The van der Waals surface area contributed by atoms with E-state index in [0.29, 0.717) is 6.54 Å². The van der Waals surface area contributed by atoms with Crippen molar-refractivity contribution in [2.24, 2.45) is 5.73 Å². The van der Waals surface area contributed by atoms with Crippen LogP contribution in [0.1, 0.15) is 12.5 Å². The molecule has 17 heavy (non-hydrogen) atoms. The van der Waals surface area contributed by atoms with E-state index >= 15 is 0 Å². The highest BCUT2D eigenvalue weighted by molar-refractivity contribution is 5.75. The van der Waals surface area contributed by atoms with Crippen molar-refractivity contribution in [3.63, 3.8) is 0 Å². The predicted molar refractivity (Wildman–Crippen MR) is 70.9 cm³/mol. The van der Waals surface area contributed by atoms with Crippen LogP contribution in [-0.4, -0.2) is 38.0 Å². The summed E-state index contributed by atoms with van der Waals surface area (Å²) in [6.45, 7) is 3.91. The van der Waals surface area contributed by atoms with Gasteiger partial charge in [-0.25, -0.2) is 0 Å². The summed E-state index contributed by atoms with van der Waals surface area (Å²) < 4.78 is 0. The fourth-order valence-corrected chi connectivity index (χ4v) is 1.66. The van der Waals surface area contributed by atoms with Gasteiger partial charge in [-0.2, -0.15) is 0 Å². The van der Waals surface area contributed by atoms with Crippen LogP contribution in [0.15, 0.2) is 24.3 Å². The summed E-state index contributed by atoms with van der Waals surface area (Å²) in [5.41, 5.74) is 7.57. The second kappa shape index (κ2) is 6.25. The highest BCUT2D eigenvalue weighted by atomic mass is 16.1. The van der Waals surface area contributed by atoms with Gasteiger partial charge in [-0.3, -0.25) is 9.69 Å². The van der Waals surface area contributed by atoms with E-state index in [9.17, 15) is 4.79 Å². The van der Waals surface area contributed by atoms with Crippen LogP contribution in [0.25, 0.3) is 0 Å². The number of likely N-dealkylation sites (N-methyl/N-ethyl adjacent to an activating group) is 1. The lowest BCUT2D eigenvalue weighted by Gasteiger charge is -2.19. The van der Waals surface area contributed by atoms with Gasteiger partial charge < -0.3 is 10.6 Å². The largest absolute Gasteiger partial charge is 0.378 e. The highest BCUT2D eigenvalue weighted by Gasteiger charge is 2.06. The Kier molecular flexibility index (Phi) is 4.97. The maximum absolute atomic E-state index is 10.9. The zero-order valence-corrected chi connectivity index (χ0v) is 10.8. The van der Waals surface area contributed by atoms with Gasteiger partial charge in [0.2, 0.25) is 5.91 Å². The Hall–Kier alpha value is -1.55. The van der Waals surface area contributed by atoms with Gasteiger partial charge in [0.25, 0.3) is 0 Å². The smallest absolute Gasteiger partial charge is 0.231 e. The quantitative estimate of drug-likeness (QED) is 0.802. The molecule has 0 aromatic heterocycles. The molecule has 94 valence electrons. The molecule has 0 bridgehead atoms. The fourth-order valence-electron chi connectivity index (χ4n) is 1.66. The summed E-state index contributed by atoms with van der Waals surface area (Å²) in [4.78, 5) is 15.0. The molecular weight excluding hydrogens is 214 g/mol. The molecule has 0 radical (unpaired) electrons. The van der Waals surface area contributed by atoms with Crippen molar-refractivity contribution in [2.75, 3.05) is 32.1 Å². The summed E-state index contributed by atoms with van der Waals surface area (Å²) >= 11 is 0. The minimum atomic E-state index is -0.281. The topological polar surface area (TPSA) is 49.6 Å². The minimum absolute atomic E-state index is 0.281. The maximum Gasteiger partial charge on any atom is 0.231 e. The minimum Gasteiger partial charge on any atom is -0.378 e. The first-order valence-electron chi connectivity index (χ1n) is 5.80. The average Bonchev–Trinajstić information content (AvgIpc) is 2.28. The number of nitrogens with two attached hydrogens (primary N) is 1. The molecule has 0 spiro atoms. The van der Waals surface area contributed by atoms with Crippen molar-refractivity contribution in [1.29, 1.82) is 0 Å². The molecule has 0 aliphatic heterocycles. The van der Waals surface area contributed by atoms with Crippen LogP contribution in [-0.2, 0) is 11.3 Å². The maximum atomic E-state index is 10.9. The highest BCUT2D eigenvalue weighted by Crippen LogP contribution is 2.13. The molecule has 0 fully saturated rings. The van der Waals surface area contributed by atoms with Crippen molar-refractivity contribution >= 4 is 11.6 Å². The van der Waals surface area contributed by atoms with Crippen LogP contribution >= 0.6 is 0 Å². The van der Waals surface area contributed by atoms with E-state index in [1.54, 1.807) is 0 Å². The third kappa shape index (κ3) is 4.44. The molecule has 2 N–H and O–H groups in total. The first kappa shape index (κ1) is 13.5. The molecular formula is C13H21N3O. The average molecular weight is 235 g/mol. The Morgan fingerprint density at radius 3 is 2.24 bits per heavy atom. The van der Waals surface area contributed by atoms with Crippen LogP contribution in [0, 0.1) is 0 Å². The van der Waals surface area contributed by atoms with E-state index in [2.05, 4.69) is 29.2 Å². The second-order valence-corrected chi connectivity index (χ2v) is 4.33. The SMILES string of the molecule is CCN(CC(N)=O)Cc1ccc(N(C)C)cc1. The number of amides is 1. The summed E-state index contributed by atoms with van der Waals surface area (Å²) in [7, 11) is 4.03. The number of hydrogen-bond donors (Lipinski definition) is 1. The summed E-state index contributed by atoms with van der Waals surface area (Å²) in [6.07, 6.45) is 0. The number of hydrogen-bond acceptors (Lipinski definition) is 3. The molecule has 0 aliphatic rings. The molecule has 0 heterocycles. The van der Waals surface area contributed by atoms with Crippen LogP contribution < -0.4 is 10.6 Å². The number of carbonyl (C=O) groups is 1. The number of nitrogens with zero attached hydrogens (tertiary/aromatic N) is 2. The normalized spacial score (nSPS) is 10.6. The van der Waals surface area contributed by atoms with E-state index < -0.39 is 0 Å². The monoisotopic (exact) mass is 235 g/mol. The number of primary amides is 1. The van der Waals surface area contributed by atoms with Crippen LogP contribution in [0.5, 0.6) is 0 Å². The van der Waals surface area contributed by atoms with Gasteiger partial charge in [0.05, 0.1) is 6.54 Å². The van der Waals surface area contributed by atoms with Crippen LogP contribution in [0.4, 0.5) is 5.69 Å². The predicted octanol–water partition coefficient (Wildman–Crippen LogP) is 1.06. The third-order valence-corrected chi connectivity index (χ3v) is 2.69. The van der Waals surface area contributed by atoms with Crippen molar-refractivity contribution in [3.8, 4) is 0 Å². The zero-order chi connectivity index (χ0) is 12.8. The first-order chi connectivity index (χ1) is 8.02. The van der Waals surface area contributed by atoms with Gasteiger partial charge in [-0.15, -0.1) is 0 Å². The van der Waals surface area contributed by atoms with Crippen LogP contribution in [0.2, 0.25) is 0 Å². The molecule has 1 aromatic rings. The van der Waals surface area contributed by atoms with Crippen molar-refractivity contribution in [2.45, 2.75) is 13.5 Å². The Morgan fingerprint density at radius 2 is 1.82 bits per heavy atom. The van der Waals surface area contributed by atoms with Crippen molar-refractivity contribution < 1.29 is 4.79 Å². The summed E-state index contributed by atoms with van der Waals surface area (Å²) in [6, 6.07) is 8.32. The molecule has 1 aromatic carbocycles. The van der Waals surface area contributed by atoms with E-state index in [-0.39, 0.29) is 5.91 Å². The van der Waals surface area contributed by atoms with Gasteiger partial charge >= 0.3 is 0 Å². The molecule has 1 rings (SSSR count). The van der Waals surface area contributed by atoms with Gasteiger partial charge in [0.1, 0.15) is 0 Å². The van der Waals surface area contributed by atoms with Crippen molar-refractivity contribution in [3.05, 3.63) is 29.8 Å². The lowest BCUT2D eigenvalue weighted by Crippen LogP contribution is -2.33. The Balaban J connectivity index is 2.64. The third-order valence-electron chi connectivity index (χ3n) is 2.69. The van der Waals surface area contributed by atoms with Gasteiger partial charge in [0.15, 0.2) is 0 Å². The standard InChI is InChI=1S/C13H21N3O/c1-4-16(10-13(14)17)9-11-5-7-12(8-6-11)15(2)3/h5-8H,4,9-10H2,1-3H3,(H2,14,17). The molecule has 0 saturated heterocycles. The number of rotatable bonds is 6. The molecule has 0 saturated carbocycles. The Labute approximate surface area is 103 Å². The van der Waals surface area contributed by atoms with Gasteiger partial charge in [-0.1, -0.05) is 19.1 Å². The van der Waals surface area contributed by atoms with Crippen LogP contribution in [0.3, 0.4) is 0 Å². The summed E-state index contributed by atoms with van der Waals surface area (Å²) in [5, 5.41) is 0. The molecule has 4 nitrogen and oxygen atoms in total. The first-order valence-corrected chi connectivity index (χ1v) is 5.80. The van der Waals surface area contributed by atoms with Crippen molar-refractivity contribution in [1.82, 2.24) is 4.90 Å². The van der Waals surface area contributed by atoms with E-state index in [4.69, 9.17) is 5.73 Å². The Morgan fingerprint density at radius 1 is 1.24 bits per heavy atom. The molecule has 0 unspecified atom stereocenters. The number of benzene rings is 1. The van der Waals surface area contributed by atoms with Gasteiger partial charge in [-0.05, 0) is 24.2 Å².